The third-order valence-electron chi connectivity index (χ3n) is 5.65. The highest BCUT2D eigenvalue weighted by Crippen LogP contribution is 2.25. The number of carbonyl (C=O) groups excluding carboxylic acids is 1. The van der Waals surface area contributed by atoms with Gasteiger partial charge in [0.25, 0.3) is 0 Å². The average molecular weight is 344 g/mol. The fourth-order valence-corrected chi connectivity index (χ4v) is 4.15. The minimum atomic E-state index is 0.243. The fourth-order valence-electron chi connectivity index (χ4n) is 4.15. The fraction of sp³-hybridized carbons (Fsp3) is 0.684. The van der Waals surface area contributed by atoms with Gasteiger partial charge in [0.15, 0.2) is 0 Å². The maximum atomic E-state index is 13.3. The molecule has 1 atom stereocenters. The molecule has 2 aliphatic heterocycles. The molecular weight excluding hydrogens is 316 g/mol. The summed E-state index contributed by atoms with van der Waals surface area (Å²) in [7, 11) is 0. The van der Waals surface area contributed by atoms with Crippen LogP contribution in [0.3, 0.4) is 0 Å². The molecule has 0 saturated carbocycles. The summed E-state index contributed by atoms with van der Waals surface area (Å²) < 4.78 is 7.54. The summed E-state index contributed by atoms with van der Waals surface area (Å²) in [5.41, 5.74) is 2.17. The Labute approximate surface area is 149 Å². The number of hydrogen-bond acceptors (Lipinski definition) is 4. The van der Waals surface area contributed by atoms with Crippen LogP contribution >= 0.6 is 0 Å². The Bertz CT molecular complexity index is 633. The van der Waals surface area contributed by atoms with Crippen LogP contribution < -0.4 is 0 Å². The number of hydrogen-bond donors (Lipinski definition) is 0. The normalized spacial score (nSPS) is 25.2. The minimum Gasteiger partial charge on any atom is -0.379 e. The van der Waals surface area contributed by atoms with Crippen molar-refractivity contribution in [2.75, 3.05) is 32.8 Å². The number of nitrogens with zero attached hydrogens (tertiary/aromatic N) is 4. The van der Waals surface area contributed by atoms with E-state index in [1.165, 1.54) is 6.42 Å². The monoisotopic (exact) mass is 344 g/mol. The molecule has 136 valence electrons. The van der Waals surface area contributed by atoms with Crippen molar-refractivity contribution < 1.29 is 9.53 Å². The van der Waals surface area contributed by atoms with E-state index in [-0.39, 0.29) is 11.9 Å². The lowest BCUT2D eigenvalue weighted by molar-refractivity contribution is -0.131. The first-order valence-electron chi connectivity index (χ1n) is 9.62. The molecule has 6 heteroatoms. The molecule has 0 unspecified atom stereocenters. The second-order valence-corrected chi connectivity index (χ2v) is 7.31. The molecule has 0 N–H and O–H groups in total. The smallest absolute Gasteiger partial charge is 0.250 e. The van der Waals surface area contributed by atoms with Crippen LogP contribution in [0.4, 0.5) is 0 Å². The molecule has 1 aliphatic carbocycles. The van der Waals surface area contributed by atoms with Crippen LogP contribution in [0.5, 0.6) is 0 Å². The quantitative estimate of drug-likeness (QED) is 0.839. The summed E-state index contributed by atoms with van der Waals surface area (Å²) in [6.07, 6.45) is 9.29. The number of aryl methyl sites for hydroxylation is 1. The molecule has 0 bridgehead atoms. The predicted octanol–water partition coefficient (Wildman–Crippen LogP) is 1.82. The number of morpholine rings is 1. The number of fused-ring (bicyclic) bond motifs is 1. The summed E-state index contributed by atoms with van der Waals surface area (Å²) in [5, 5.41) is 4.43. The standard InChI is InChI=1S/C19H28N4O2/c24-19(16-4-2-1-3-5-16)22-15-18-6-8-20-23(18)9-7-17(22)14-21-10-12-25-13-11-21/h4,6,8,17H,1-3,5,7,9-15H2/t17-/m0/s1. The van der Waals surface area contributed by atoms with Gasteiger partial charge in [-0.1, -0.05) is 6.08 Å². The van der Waals surface area contributed by atoms with Crippen LogP contribution in [0.2, 0.25) is 0 Å². The molecule has 25 heavy (non-hydrogen) atoms. The molecule has 1 saturated heterocycles. The van der Waals surface area contributed by atoms with Crippen molar-refractivity contribution in [1.29, 1.82) is 0 Å². The van der Waals surface area contributed by atoms with E-state index in [1.807, 2.05) is 12.3 Å². The van der Waals surface area contributed by atoms with Gasteiger partial charge in [-0.15, -0.1) is 0 Å². The van der Waals surface area contributed by atoms with Crippen molar-refractivity contribution in [2.45, 2.75) is 51.2 Å². The van der Waals surface area contributed by atoms with E-state index in [0.29, 0.717) is 6.54 Å². The zero-order valence-corrected chi connectivity index (χ0v) is 14.9. The SMILES string of the molecule is O=C(C1=CCCCC1)N1Cc2ccnn2CC[C@H]1CN1CCOCC1. The molecule has 1 amide bonds. The Morgan fingerprint density at radius 2 is 2.12 bits per heavy atom. The lowest BCUT2D eigenvalue weighted by Gasteiger charge is -2.36. The van der Waals surface area contributed by atoms with E-state index < -0.39 is 0 Å². The summed E-state index contributed by atoms with van der Waals surface area (Å²) >= 11 is 0. The largest absolute Gasteiger partial charge is 0.379 e. The second-order valence-electron chi connectivity index (χ2n) is 7.31. The van der Waals surface area contributed by atoms with Crippen LogP contribution in [0, 0.1) is 0 Å². The molecule has 3 aliphatic rings. The van der Waals surface area contributed by atoms with Gasteiger partial charge in [0.05, 0.1) is 25.5 Å². The number of carbonyl (C=O) groups is 1. The molecule has 0 spiro atoms. The number of amides is 1. The van der Waals surface area contributed by atoms with Crippen molar-refractivity contribution in [2.24, 2.45) is 0 Å². The van der Waals surface area contributed by atoms with Crippen molar-refractivity contribution in [3.63, 3.8) is 0 Å². The van der Waals surface area contributed by atoms with E-state index in [1.54, 1.807) is 0 Å². The van der Waals surface area contributed by atoms with Gasteiger partial charge in [-0.2, -0.15) is 5.10 Å². The van der Waals surface area contributed by atoms with Gasteiger partial charge in [-0.3, -0.25) is 14.4 Å². The van der Waals surface area contributed by atoms with Gasteiger partial charge in [-0.05, 0) is 38.2 Å². The van der Waals surface area contributed by atoms with Crippen molar-refractivity contribution >= 4 is 5.91 Å². The van der Waals surface area contributed by atoms with Gasteiger partial charge < -0.3 is 9.64 Å². The Morgan fingerprint density at radius 1 is 1.24 bits per heavy atom. The molecule has 6 nitrogen and oxygen atoms in total. The number of rotatable bonds is 3. The van der Waals surface area contributed by atoms with Crippen LogP contribution in [-0.4, -0.2) is 64.4 Å². The molecule has 0 radical (unpaired) electrons. The molecule has 4 rings (SSSR count). The van der Waals surface area contributed by atoms with E-state index in [2.05, 4.69) is 25.7 Å². The van der Waals surface area contributed by atoms with Gasteiger partial charge in [0.2, 0.25) is 5.91 Å². The zero-order chi connectivity index (χ0) is 17.1. The number of ether oxygens (including phenoxy) is 1. The minimum absolute atomic E-state index is 0.243. The maximum absolute atomic E-state index is 13.3. The summed E-state index contributed by atoms with van der Waals surface area (Å²) in [5.74, 6) is 0.243. The Morgan fingerprint density at radius 3 is 2.92 bits per heavy atom. The first kappa shape index (κ1) is 16.8. The second kappa shape index (κ2) is 7.70. The van der Waals surface area contributed by atoms with Crippen molar-refractivity contribution in [3.8, 4) is 0 Å². The van der Waals surface area contributed by atoms with E-state index >= 15 is 0 Å². The molecular formula is C19H28N4O2. The van der Waals surface area contributed by atoms with E-state index in [4.69, 9.17) is 4.74 Å². The van der Waals surface area contributed by atoms with Gasteiger partial charge in [0.1, 0.15) is 0 Å². The third-order valence-corrected chi connectivity index (χ3v) is 5.65. The summed E-state index contributed by atoms with van der Waals surface area (Å²) in [6.45, 7) is 6.02. The Hall–Kier alpha value is -1.66. The van der Waals surface area contributed by atoms with Crippen LogP contribution in [-0.2, 0) is 22.6 Å². The first-order chi connectivity index (χ1) is 12.3. The summed E-state index contributed by atoms with van der Waals surface area (Å²) in [6, 6.07) is 2.29. The van der Waals surface area contributed by atoms with Crippen LogP contribution in [0.1, 0.15) is 37.8 Å². The third kappa shape index (κ3) is 3.80. The Kier molecular flexibility index (Phi) is 5.17. The lowest BCUT2D eigenvalue weighted by Crippen LogP contribution is -2.49. The average Bonchev–Trinajstić information content (AvgIpc) is 3.04. The number of allylic oxidation sites excluding steroid dienone is 1. The predicted molar refractivity (Wildman–Crippen MR) is 95.0 cm³/mol. The maximum Gasteiger partial charge on any atom is 0.250 e. The topological polar surface area (TPSA) is 50.6 Å². The van der Waals surface area contributed by atoms with Gasteiger partial charge in [-0.25, -0.2) is 0 Å². The van der Waals surface area contributed by atoms with Gasteiger partial charge >= 0.3 is 0 Å². The lowest BCUT2D eigenvalue weighted by atomic mass is 9.97. The Balaban J connectivity index is 1.54. The first-order valence-corrected chi connectivity index (χ1v) is 9.62. The molecule has 3 heterocycles. The van der Waals surface area contributed by atoms with E-state index in [0.717, 1.165) is 76.3 Å². The van der Waals surface area contributed by atoms with Crippen LogP contribution in [0.25, 0.3) is 0 Å². The molecule has 1 aromatic heterocycles. The van der Waals surface area contributed by atoms with E-state index in [9.17, 15) is 4.79 Å². The van der Waals surface area contributed by atoms with Crippen molar-refractivity contribution in [3.05, 3.63) is 29.6 Å². The highest BCUT2D eigenvalue weighted by Gasteiger charge is 2.31. The zero-order valence-electron chi connectivity index (χ0n) is 14.9. The van der Waals surface area contributed by atoms with Gasteiger partial charge in [0, 0.05) is 44.0 Å². The molecule has 1 aromatic rings. The summed E-state index contributed by atoms with van der Waals surface area (Å²) in [4.78, 5) is 17.8. The van der Waals surface area contributed by atoms with Crippen molar-refractivity contribution in [1.82, 2.24) is 19.6 Å². The molecule has 0 aromatic carbocycles. The number of aromatic nitrogens is 2. The highest BCUT2D eigenvalue weighted by molar-refractivity contribution is 5.93. The van der Waals surface area contributed by atoms with Crippen LogP contribution in [0.15, 0.2) is 23.9 Å². The highest BCUT2D eigenvalue weighted by atomic mass is 16.5. The molecule has 1 fully saturated rings.